The minimum Gasteiger partial charge on any atom is -0.480 e. The van der Waals surface area contributed by atoms with Gasteiger partial charge >= 0.3 is 5.97 Å². The Balaban J connectivity index is 2.06. The number of thioether (sulfide) groups is 1. The molecule has 0 amide bonds. The van der Waals surface area contributed by atoms with Gasteiger partial charge in [-0.3, -0.25) is 9.59 Å². The maximum atomic E-state index is 11.5. The molecule has 3 nitrogen and oxygen atoms in total. The number of halogens is 1. The minimum atomic E-state index is -1.10. The Morgan fingerprint density at radius 3 is 2.50 bits per heavy atom. The van der Waals surface area contributed by atoms with Crippen LogP contribution in [0, 0.1) is 0 Å². The van der Waals surface area contributed by atoms with E-state index in [0.29, 0.717) is 18.8 Å². The molecule has 0 heterocycles. The molecule has 0 spiro atoms. The number of hydrogen-bond donors (Lipinski definition) is 1. The minimum absolute atomic E-state index is 0.175. The van der Waals surface area contributed by atoms with Crippen molar-refractivity contribution < 1.29 is 14.7 Å². The summed E-state index contributed by atoms with van der Waals surface area (Å²) in [6.45, 7) is 3.01. The van der Waals surface area contributed by atoms with Gasteiger partial charge in [0, 0.05) is 11.9 Å². The van der Waals surface area contributed by atoms with Gasteiger partial charge in [-0.2, -0.15) is 0 Å². The largest absolute Gasteiger partial charge is 0.480 e. The third-order valence-electron chi connectivity index (χ3n) is 4.82. The number of benzene rings is 1. The first kappa shape index (κ1) is 19.3. The van der Waals surface area contributed by atoms with Gasteiger partial charge in [0.25, 0.3) is 0 Å². The molecule has 1 aromatic carbocycles. The molecule has 0 aromatic heterocycles. The van der Waals surface area contributed by atoms with E-state index in [1.807, 2.05) is 6.07 Å². The van der Waals surface area contributed by atoms with Gasteiger partial charge in [0.15, 0.2) is 5.12 Å². The SMILES string of the molecule is CC(=O)SC(C)(CCc1ccc(C2CCCCC2)c(Cl)c1)C(=O)O. The van der Waals surface area contributed by atoms with Gasteiger partial charge < -0.3 is 5.11 Å². The average Bonchev–Trinajstić information content (AvgIpc) is 2.53. The van der Waals surface area contributed by atoms with Crippen LogP contribution in [0.4, 0.5) is 0 Å². The fourth-order valence-electron chi connectivity index (χ4n) is 3.37. The molecule has 0 bridgehead atoms. The lowest BCUT2D eigenvalue weighted by molar-refractivity contribution is -0.139. The highest BCUT2D eigenvalue weighted by Gasteiger charge is 2.35. The van der Waals surface area contributed by atoms with Crippen molar-refractivity contribution in [2.45, 2.75) is 69.5 Å². The molecular formula is C19H25ClO3S. The Hall–Kier alpha value is -1.00. The van der Waals surface area contributed by atoms with Crippen molar-refractivity contribution >= 4 is 34.4 Å². The normalized spacial score (nSPS) is 18.1. The van der Waals surface area contributed by atoms with Crippen LogP contribution in [0.1, 0.15) is 69.4 Å². The van der Waals surface area contributed by atoms with Gasteiger partial charge in [-0.15, -0.1) is 0 Å². The van der Waals surface area contributed by atoms with E-state index in [-0.39, 0.29) is 5.12 Å². The molecule has 0 aliphatic heterocycles. The lowest BCUT2D eigenvalue weighted by atomic mass is 9.83. The second-order valence-electron chi connectivity index (χ2n) is 6.82. The first-order valence-corrected chi connectivity index (χ1v) is 9.72. The predicted molar refractivity (Wildman–Crippen MR) is 99.9 cm³/mol. The lowest BCUT2D eigenvalue weighted by Crippen LogP contribution is -2.33. The zero-order valence-electron chi connectivity index (χ0n) is 14.3. The molecule has 1 atom stereocenters. The smallest absolute Gasteiger partial charge is 0.319 e. The van der Waals surface area contributed by atoms with E-state index in [1.54, 1.807) is 6.92 Å². The number of carboxylic acids is 1. The molecule has 1 N–H and O–H groups in total. The standard InChI is InChI=1S/C19H25ClO3S/c1-13(21)24-19(2,18(22)23)11-10-14-8-9-16(17(20)12-14)15-6-4-3-5-7-15/h8-9,12,15H,3-7,10-11H2,1-2H3,(H,22,23). The van der Waals surface area contributed by atoms with E-state index in [9.17, 15) is 14.7 Å². The maximum Gasteiger partial charge on any atom is 0.319 e. The molecule has 1 aliphatic rings. The number of aryl methyl sites for hydroxylation is 1. The topological polar surface area (TPSA) is 54.4 Å². The Kier molecular flexibility index (Phi) is 6.76. The Morgan fingerprint density at radius 2 is 1.96 bits per heavy atom. The first-order chi connectivity index (χ1) is 11.3. The molecular weight excluding hydrogens is 344 g/mol. The summed E-state index contributed by atoms with van der Waals surface area (Å²) >= 11 is 7.37. The van der Waals surface area contributed by atoms with Crippen LogP contribution in [0.2, 0.25) is 5.02 Å². The molecule has 0 radical (unpaired) electrons. The van der Waals surface area contributed by atoms with E-state index >= 15 is 0 Å². The van der Waals surface area contributed by atoms with Crippen LogP contribution < -0.4 is 0 Å². The highest BCUT2D eigenvalue weighted by molar-refractivity contribution is 8.15. The molecule has 1 aromatic rings. The van der Waals surface area contributed by atoms with Crippen LogP contribution in [-0.4, -0.2) is 20.9 Å². The molecule has 1 aliphatic carbocycles. The number of rotatable bonds is 6. The second kappa shape index (κ2) is 8.39. The van der Waals surface area contributed by atoms with E-state index < -0.39 is 10.7 Å². The Bertz CT molecular complexity index is 611. The van der Waals surface area contributed by atoms with Gasteiger partial charge in [-0.05, 0) is 55.7 Å². The summed E-state index contributed by atoms with van der Waals surface area (Å²) in [7, 11) is 0. The van der Waals surface area contributed by atoms with Crippen LogP contribution in [0.15, 0.2) is 18.2 Å². The number of carboxylic acid groups (broad SMARTS) is 1. The zero-order valence-corrected chi connectivity index (χ0v) is 15.9. The van der Waals surface area contributed by atoms with E-state index in [0.717, 1.165) is 22.3 Å². The summed E-state index contributed by atoms with van der Waals surface area (Å²) in [6.07, 6.45) is 7.23. The van der Waals surface area contributed by atoms with Gasteiger partial charge in [-0.1, -0.05) is 54.8 Å². The van der Waals surface area contributed by atoms with E-state index in [2.05, 4.69) is 12.1 Å². The highest BCUT2D eigenvalue weighted by atomic mass is 35.5. The van der Waals surface area contributed by atoms with Crippen LogP contribution >= 0.6 is 23.4 Å². The van der Waals surface area contributed by atoms with Crippen molar-refractivity contribution in [3.8, 4) is 0 Å². The Labute approximate surface area is 153 Å². The van der Waals surface area contributed by atoms with Crippen molar-refractivity contribution in [3.63, 3.8) is 0 Å². The van der Waals surface area contributed by atoms with Crippen LogP contribution in [0.25, 0.3) is 0 Å². The zero-order chi connectivity index (χ0) is 17.7. The number of carbonyl (C=O) groups excluding carboxylic acids is 1. The second-order valence-corrected chi connectivity index (χ2v) is 8.91. The predicted octanol–water partition coefficient (Wildman–Crippen LogP) is 5.44. The molecule has 0 saturated heterocycles. The van der Waals surface area contributed by atoms with Gasteiger partial charge in [-0.25, -0.2) is 0 Å². The molecule has 24 heavy (non-hydrogen) atoms. The fraction of sp³-hybridized carbons (Fsp3) is 0.579. The number of carbonyl (C=O) groups is 2. The van der Waals surface area contributed by atoms with Crippen molar-refractivity contribution in [1.82, 2.24) is 0 Å². The lowest BCUT2D eigenvalue weighted by Gasteiger charge is -2.24. The van der Waals surface area contributed by atoms with Gasteiger partial charge in [0.2, 0.25) is 0 Å². The van der Waals surface area contributed by atoms with E-state index in [1.165, 1.54) is 44.6 Å². The molecule has 1 unspecified atom stereocenters. The summed E-state index contributed by atoms with van der Waals surface area (Å²) in [6, 6.07) is 6.12. The van der Waals surface area contributed by atoms with Crippen molar-refractivity contribution in [3.05, 3.63) is 34.3 Å². The summed E-state index contributed by atoms with van der Waals surface area (Å²) in [5, 5.41) is 10.0. The van der Waals surface area contributed by atoms with Crippen LogP contribution in [0.5, 0.6) is 0 Å². The van der Waals surface area contributed by atoms with E-state index in [4.69, 9.17) is 11.6 Å². The van der Waals surface area contributed by atoms with Gasteiger partial charge in [0.05, 0.1) is 0 Å². The first-order valence-electron chi connectivity index (χ1n) is 8.53. The summed E-state index contributed by atoms with van der Waals surface area (Å²) < 4.78 is -1.10. The molecule has 132 valence electrons. The third kappa shape index (κ3) is 5.00. The summed E-state index contributed by atoms with van der Waals surface area (Å²) in [4.78, 5) is 22.8. The van der Waals surface area contributed by atoms with Crippen molar-refractivity contribution in [1.29, 1.82) is 0 Å². The molecule has 1 fully saturated rings. The average molecular weight is 369 g/mol. The molecule has 1 saturated carbocycles. The number of aliphatic carboxylic acids is 1. The maximum absolute atomic E-state index is 11.5. The summed E-state index contributed by atoms with van der Waals surface area (Å²) in [5.41, 5.74) is 2.25. The van der Waals surface area contributed by atoms with Crippen molar-refractivity contribution in [2.24, 2.45) is 0 Å². The quantitative estimate of drug-likeness (QED) is 0.725. The molecule has 5 heteroatoms. The molecule has 2 rings (SSSR count). The fourth-order valence-corrected chi connectivity index (χ4v) is 4.66. The van der Waals surface area contributed by atoms with Crippen LogP contribution in [0.3, 0.4) is 0 Å². The van der Waals surface area contributed by atoms with Crippen LogP contribution in [-0.2, 0) is 16.0 Å². The number of hydrogen-bond acceptors (Lipinski definition) is 3. The Morgan fingerprint density at radius 1 is 1.29 bits per heavy atom. The highest BCUT2D eigenvalue weighted by Crippen LogP contribution is 2.37. The third-order valence-corrected chi connectivity index (χ3v) is 6.27. The van der Waals surface area contributed by atoms with Gasteiger partial charge in [0.1, 0.15) is 4.75 Å². The summed E-state index contributed by atoms with van der Waals surface area (Å²) in [5.74, 6) is -0.398. The monoisotopic (exact) mass is 368 g/mol. The van der Waals surface area contributed by atoms with Crippen molar-refractivity contribution in [2.75, 3.05) is 0 Å².